The Balaban J connectivity index is 1.77. The number of rotatable bonds is 3. The first-order valence-electron chi connectivity index (χ1n) is 5.13. The molecule has 1 aliphatic rings. The molecule has 0 radical (unpaired) electrons. The highest BCUT2D eigenvalue weighted by atomic mass is 16.3. The number of aromatic nitrogens is 2. The van der Waals surface area contributed by atoms with Crippen molar-refractivity contribution in [3.63, 3.8) is 0 Å². The molecule has 1 aromatic rings. The second-order valence-corrected chi connectivity index (χ2v) is 4.02. The van der Waals surface area contributed by atoms with Gasteiger partial charge in [0.15, 0.2) is 0 Å². The minimum absolute atomic E-state index is 0.116. The first-order valence-corrected chi connectivity index (χ1v) is 5.13. The Morgan fingerprint density at radius 3 is 3.00 bits per heavy atom. The van der Waals surface area contributed by atoms with Crippen molar-refractivity contribution < 1.29 is 5.11 Å². The maximum absolute atomic E-state index is 9.34. The molecule has 78 valence electrons. The Morgan fingerprint density at radius 1 is 1.57 bits per heavy atom. The number of likely N-dealkylation sites (tertiary alicyclic amines) is 1. The fourth-order valence-corrected chi connectivity index (χ4v) is 1.85. The average molecular weight is 195 g/mol. The molecule has 1 aromatic heterocycles. The fraction of sp³-hybridized carbons (Fsp3) is 0.700. The van der Waals surface area contributed by atoms with E-state index in [9.17, 15) is 5.11 Å². The van der Waals surface area contributed by atoms with Gasteiger partial charge in [0.2, 0.25) is 0 Å². The van der Waals surface area contributed by atoms with Crippen LogP contribution in [0, 0.1) is 6.92 Å². The van der Waals surface area contributed by atoms with Gasteiger partial charge in [0.25, 0.3) is 0 Å². The molecule has 1 unspecified atom stereocenters. The summed E-state index contributed by atoms with van der Waals surface area (Å²) in [4.78, 5) is 2.28. The molecule has 0 aromatic carbocycles. The topological polar surface area (TPSA) is 41.3 Å². The molecule has 1 fully saturated rings. The van der Waals surface area contributed by atoms with Crippen LogP contribution in [0.25, 0.3) is 0 Å². The van der Waals surface area contributed by atoms with E-state index in [1.165, 1.54) is 5.56 Å². The molecule has 1 N–H and O–H groups in total. The summed E-state index contributed by atoms with van der Waals surface area (Å²) in [5, 5.41) is 13.6. The van der Waals surface area contributed by atoms with Crippen LogP contribution in [0.2, 0.25) is 0 Å². The molecule has 14 heavy (non-hydrogen) atoms. The van der Waals surface area contributed by atoms with Crippen molar-refractivity contribution in [2.75, 3.05) is 19.6 Å². The zero-order valence-corrected chi connectivity index (χ0v) is 8.56. The van der Waals surface area contributed by atoms with Gasteiger partial charge in [0, 0.05) is 25.8 Å². The van der Waals surface area contributed by atoms with E-state index in [0.29, 0.717) is 0 Å². The average Bonchev–Trinajstić information content (AvgIpc) is 2.72. The van der Waals surface area contributed by atoms with Crippen LogP contribution in [0.4, 0.5) is 0 Å². The van der Waals surface area contributed by atoms with Crippen molar-refractivity contribution in [3.05, 3.63) is 18.0 Å². The van der Waals surface area contributed by atoms with E-state index in [4.69, 9.17) is 0 Å². The molecule has 0 aliphatic carbocycles. The van der Waals surface area contributed by atoms with Crippen molar-refractivity contribution in [1.29, 1.82) is 0 Å². The van der Waals surface area contributed by atoms with Gasteiger partial charge in [-0.1, -0.05) is 0 Å². The number of nitrogens with zero attached hydrogens (tertiary/aromatic N) is 3. The first-order chi connectivity index (χ1) is 6.74. The number of aliphatic hydroxyl groups excluding tert-OH is 1. The summed E-state index contributed by atoms with van der Waals surface area (Å²) < 4.78 is 1.96. The van der Waals surface area contributed by atoms with E-state index in [1.807, 2.05) is 24.0 Å². The third kappa shape index (κ3) is 2.33. The number of aryl methyl sites for hydroxylation is 1. The Morgan fingerprint density at radius 2 is 2.43 bits per heavy atom. The molecule has 2 heterocycles. The zero-order valence-electron chi connectivity index (χ0n) is 8.56. The monoisotopic (exact) mass is 195 g/mol. The lowest BCUT2D eigenvalue weighted by Gasteiger charge is -2.14. The van der Waals surface area contributed by atoms with Crippen LogP contribution in [-0.4, -0.2) is 45.5 Å². The third-order valence-electron chi connectivity index (χ3n) is 2.66. The Bertz CT molecular complexity index is 297. The van der Waals surface area contributed by atoms with Crippen LogP contribution in [0.5, 0.6) is 0 Å². The minimum Gasteiger partial charge on any atom is -0.392 e. The Labute approximate surface area is 84.1 Å². The van der Waals surface area contributed by atoms with Crippen molar-refractivity contribution in [1.82, 2.24) is 14.7 Å². The SMILES string of the molecule is Cc1cnn(CCN2CCC(O)C2)c1. The van der Waals surface area contributed by atoms with Crippen LogP contribution in [0.15, 0.2) is 12.4 Å². The van der Waals surface area contributed by atoms with Gasteiger partial charge >= 0.3 is 0 Å². The first kappa shape index (κ1) is 9.68. The molecule has 4 nitrogen and oxygen atoms in total. The van der Waals surface area contributed by atoms with Gasteiger partial charge in [-0.2, -0.15) is 5.10 Å². The largest absolute Gasteiger partial charge is 0.392 e. The molecule has 0 spiro atoms. The van der Waals surface area contributed by atoms with E-state index in [2.05, 4.69) is 10.00 Å². The molecule has 2 rings (SSSR count). The second kappa shape index (κ2) is 4.11. The molecule has 0 bridgehead atoms. The predicted molar refractivity (Wildman–Crippen MR) is 54.0 cm³/mol. The van der Waals surface area contributed by atoms with Gasteiger partial charge in [-0.3, -0.25) is 9.58 Å². The summed E-state index contributed by atoms with van der Waals surface area (Å²) in [6.07, 6.45) is 4.72. The summed E-state index contributed by atoms with van der Waals surface area (Å²) in [6, 6.07) is 0. The smallest absolute Gasteiger partial charge is 0.0679 e. The normalized spacial score (nSPS) is 23.1. The van der Waals surface area contributed by atoms with Gasteiger partial charge < -0.3 is 5.11 Å². The van der Waals surface area contributed by atoms with Crippen molar-refractivity contribution >= 4 is 0 Å². The lowest BCUT2D eigenvalue weighted by molar-refractivity contribution is 0.174. The predicted octanol–water partition coefficient (Wildman–Crippen LogP) is 0.258. The molecular formula is C10H17N3O. The highest BCUT2D eigenvalue weighted by Crippen LogP contribution is 2.08. The van der Waals surface area contributed by atoms with Gasteiger partial charge in [0.1, 0.15) is 0 Å². The van der Waals surface area contributed by atoms with Gasteiger partial charge in [-0.25, -0.2) is 0 Å². The standard InChI is InChI=1S/C10H17N3O/c1-9-6-11-13(7-9)5-4-12-3-2-10(14)8-12/h6-7,10,14H,2-5,8H2,1H3. The molecule has 1 atom stereocenters. The van der Waals surface area contributed by atoms with Crippen molar-refractivity contribution in [3.8, 4) is 0 Å². The third-order valence-corrected chi connectivity index (χ3v) is 2.66. The number of hydrogen-bond donors (Lipinski definition) is 1. The summed E-state index contributed by atoms with van der Waals surface area (Å²) in [7, 11) is 0. The molecule has 0 saturated carbocycles. The summed E-state index contributed by atoms with van der Waals surface area (Å²) in [5.41, 5.74) is 1.20. The molecule has 1 saturated heterocycles. The summed E-state index contributed by atoms with van der Waals surface area (Å²) in [5.74, 6) is 0. The summed E-state index contributed by atoms with van der Waals surface area (Å²) in [6.45, 7) is 5.78. The Hall–Kier alpha value is -0.870. The highest BCUT2D eigenvalue weighted by Gasteiger charge is 2.19. The maximum atomic E-state index is 9.34. The van der Waals surface area contributed by atoms with E-state index < -0.39 is 0 Å². The minimum atomic E-state index is -0.116. The van der Waals surface area contributed by atoms with Crippen LogP contribution >= 0.6 is 0 Å². The fourth-order valence-electron chi connectivity index (χ4n) is 1.85. The summed E-state index contributed by atoms with van der Waals surface area (Å²) >= 11 is 0. The van der Waals surface area contributed by atoms with E-state index >= 15 is 0 Å². The lowest BCUT2D eigenvalue weighted by Crippen LogP contribution is -2.26. The van der Waals surface area contributed by atoms with Crippen molar-refractivity contribution in [2.24, 2.45) is 0 Å². The number of β-amino-alcohol motifs (C(OH)–C–C–N with tert-alkyl or cyclic N) is 1. The van der Waals surface area contributed by atoms with Crippen molar-refractivity contribution in [2.45, 2.75) is 26.0 Å². The van der Waals surface area contributed by atoms with Crippen LogP contribution < -0.4 is 0 Å². The Kier molecular flexibility index (Phi) is 2.84. The molecule has 0 amide bonds. The van der Waals surface area contributed by atoms with E-state index in [-0.39, 0.29) is 6.10 Å². The number of hydrogen-bond acceptors (Lipinski definition) is 3. The lowest BCUT2D eigenvalue weighted by atomic mass is 10.3. The van der Waals surface area contributed by atoms with E-state index in [0.717, 1.165) is 32.6 Å². The van der Waals surface area contributed by atoms with Gasteiger partial charge in [0.05, 0.1) is 18.8 Å². The zero-order chi connectivity index (χ0) is 9.97. The maximum Gasteiger partial charge on any atom is 0.0679 e. The van der Waals surface area contributed by atoms with Gasteiger partial charge in [-0.05, 0) is 18.9 Å². The van der Waals surface area contributed by atoms with Crippen LogP contribution in [-0.2, 0) is 6.54 Å². The number of aliphatic hydroxyl groups is 1. The highest BCUT2D eigenvalue weighted by molar-refractivity contribution is 4.99. The van der Waals surface area contributed by atoms with Crippen LogP contribution in [0.3, 0.4) is 0 Å². The van der Waals surface area contributed by atoms with Gasteiger partial charge in [-0.15, -0.1) is 0 Å². The van der Waals surface area contributed by atoms with E-state index in [1.54, 1.807) is 0 Å². The second-order valence-electron chi connectivity index (χ2n) is 4.02. The molecule has 1 aliphatic heterocycles. The molecule has 4 heteroatoms. The quantitative estimate of drug-likeness (QED) is 0.752. The van der Waals surface area contributed by atoms with Crippen LogP contribution in [0.1, 0.15) is 12.0 Å². The molecular weight excluding hydrogens is 178 g/mol.